The number of ether oxygens (including phenoxy) is 1. The fraction of sp³-hybridized carbons (Fsp3) is 0.909. The van der Waals surface area contributed by atoms with Crippen molar-refractivity contribution in [2.75, 3.05) is 0 Å². The van der Waals surface area contributed by atoms with Crippen LogP contribution >= 0.6 is 0 Å². The maximum atomic E-state index is 11.5. The molecule has 29 heavy (non-hydrogen) atoms. The van der Waals surface area contributed by atoms with Crippen molar-refractivity contribution in [3.8, 4) is 0 Å². The number of aliphatic hydroxyl groups is 3. The number of aliphatic hydroxyl groups excluding tert-OH is 2. The first-order valence-electron chi connectivity index (χ1n) is 11.4. The zero-order valence-electron chi connectivity index (χ0n) is 17.9. The first-order valence-corrected chi connectivity index (χ1v) is 11.4. The van der Waals surface area contributed by atoms with Crippen molar-refractivity contribution in [3.05, 3.63) is 0 Å². The molecule has 0 bridgehead atoms. The molecule has 1 aliphatic heterocycles. The quantitative estimate of drug-likeness (QED) is 0.212. The largest absolute Gasteiger partial charge is 0.479 e. The highest BCUT2D eigenvalue weighted by atomic mass is 16.6. The third-order valence-corrected chi connectivity index (χ3v) is 5.87. The monoisotopic (exact) mass is 416 g/mol. The lowest BCUT2D eigenvalue weighted by Gasteiger charge is -2.30. The molecule has 1 heterocycles. The Labute approximate surface area is 174 Å². The van der Waals surface area contributed by atoms with Crippen LogP contribution in [0, 0.1) is 0 Å². The summed E-state index contributed by atoms with van der Waals surface area (Å²) in [5.41, 5.74) is -2.39. The highest BCUT2D eigenvalue weighted by molar-refractivity contribution is 5.83. The molecule has 0 unspecified atom stereocenters. The van der Waals surface area contributed by atoms with Gasteiger partial charge in [0.15, 0.2) is 12.2 Å². The van der Waals surface area contributed by atoms with E-state index >= 15 is 0 Å². The van der Waals surface area contributed by atoms with Crippen LogP contribution in [0.3, 0.4) is 0 Å². The average Bonchev–Trinajstić information content (AvgIpc) is 2.95. The van der Waals surface area contributed by atoms with E-state index in [-0.39, 0.29) is 6.42 Å². The van der Waals surface area contributed by atoms with Crippen molar-refractivity contribution in [2.45, 2.75) is 127 Å². The minimum Gasteiger partial charge on any atom is -0.479 e. The summed E-state index contributed by atoms with van der Waals surface area (Å²) in [6.45, 7) is 2.23. The number of hydrogen-bond acceptors (Lipinski definition) is 6. The van der Waals surface area contributed by atoms with Crippen LogP contribution in [-0.2, 0) is 14.3 Å². The van der Waals surface area contributed by atoms with E-state index in [4.69, 9.17) is 4.74 Å². The molecule has 4 N–H and O–H groups in total. The van der Waals surface area contributed by atoms with Gasteiger partial charge in [0.1, 0.15) is 6.10 Å². The maximum Gasteiger partial charge on any atom is 0.339 e. The van der Waals surface area contributed by atoms with Gasteiger partial charge in [0.2, 0.25) is 5.60 Å². The molecule has 0 aromatic carbocycles. The smallest absolute Gasteiger partial charge is 0.339 e. The van der Waals surface area contributed by atoms with Crippen LogP contribution in [0.15, 0.2) is 0 Å². The summed E-state index contributed by atoms with van der Waals surface area (Å²) in [7, 11) is 0. The van der Waals surface area contributed by atoms with Crippen LogP contribution in [0.1, 0.15) is 103 Å². The number of carbonyl (C=O) groups excluding carboxylic acids is 1. The Morgan fingerprint density at radius 2 is 1.28 bits per heavy atom. The van der Waals surface area contributed by atoms with Crippen molar-refractivity contribution >= 4 is 11.9 Å². The number of carboxylic acids is 1. The Bertz CT molecular complexity index is 482. The lowest BCUT2D eigenvalue weighted by molar-refractivity contribution is -0.184. The van der Waals surface area contributed by atoms with Crippen molar-refractivity contribution in [3.63, 3.8) is 0 Å². The molecule has 1 fully saturated rings. The van der Waals surface area contributed by atoms with E-state index in [0.717, 1.165) is 25.7 Å². The van der Waals surface area contributed by atoms with E-state index < -0.39 is 35.9 Å². The van der Waals surface area contributed by atoms with Crippen LogP contribution in [0.2, 0.25) is 0 Å². The molecule has 0 saturated carbocycles. The third-order valence-electron chi connectivity index (χ3n) is 5.87. The van der Waals surface area contributed by atoms with Gasteiger partial charge in [-0.15, -0.1) is 0 Å². The molecule has 0 spiro atoms. The van der Waals surface area contributed by atoms with Crippen LogP contribution in [0.5, 0.6) is 0 Å². The number of carbonyl (C=O) groups is 2. The molecule has 0 aromatic heterocycles. The fourth-order valence-electron chi connectivity index (χ4n) is 3.91. The fourth-order valence-corrected chi connectivity index (χ4v) is 3.91. The summed E-state index contributed by atoms with van der Waals surface area (Å²) in [6.07, 6.45) is 10.8. The predicted molar refractivity (Wildman–Crippen MR) is 109 cm³/mol. The summed E-state index contributed by atoms with van der Waals surface area (Å²) in [4.78, 5) is 22.8. The molecule has 170 valence electrons. The molecule has 4 atom stereocenters. The second-order valence-electron chi connectivity index (χ2n) is 8.37. The highest BCUT2D eigenvalue weighted by Gasteiger charge is 2.57. The van der Waals surface area contributed by atoms with Crippen molar-refractivity contribution < 1.29 is 34.8 Å². The van der Waals surface area contributed by atoms with Gasteiger partial charge in [0, 0.05) is 0 Å². The molecule has 0 aliphatic carbocycles. The van der Waals surface area contributed by atoms with Crippen LogP contribution in [-0.4, -0.2) is 56.3 Å². The molecule has 7 heteroatoms. The number of hydrogen-bond donors (Lipinski definition) is 4. The van der Waals surface area contributed by atoms with Gasteiger partial charge in [-0.3, -0.25) is 0 Å². The summed E-state index contributed by atoms with van der Waals surface area (Å²) in [6, 6.07) is 0. The molecule has 7 nitrogen and oxygen atoms in total. The van der Waals surface area contributed by atoms with E-state index in [1.165, 1.54) is 57.8 Å². The van der Waals surface area contributed by atoms with Gasteiger partial charge in [-0.05, 0) is 12.8 Å². The molecule has 1 rings (SSSR count). The number of cyclic esters (lactones) is 1. The van der Waals surface area contributed by atoms with Gasteiger partial charge in [0.25, 0.3) is 0 Å². The Morgan fingerprint density at radius 3 is 1.62 bits per heavy atom. The van der Waals surface area contributed by atoms with Gasteiger partial charge < -0.3 is 25.2 Å². The zero-order valence-corrected chi connectivity index (χ0v) is 17.9. The average molecular weight is 417 g/mol. The first-order chi connectivity index (χ1) is 13.8. The van der Waals surface area contributed by atoms with E-state index in [2.05, 4.69) is 6.92 Å². The Balaban J connectivity index is 2.11. The second kappa shape index (κ2) is 13.9. The SMILES string of the molecule is CCCCCCCCCCCCCCCC[C@](O)(C(=O)O)[C@H]1OC(=O)[C@@H](O)[C@H]1O. The number of unbranched alkanes of at least 4 members (excludes halogenated alkanes) is 13. The number of esters is 1. The second-order valence-corrected chi connectivity index (χ2v) is 8.37. The molecular formula is C22H40O7. The Morgan fingerprint density at radius 1 is 0.862 bits per heavy atom. The number of carboxylic acid groups (broad SMARTS) is 1. The summed E-state index contributed by atoms with van der Waals surface area (Å²) < 4.78 is 4.71. The van der Waals surface area contributed by atoms with Crippen molar-refractivity contribution in [1.82, 2.24) is 0 Å². The first kappa shape index (κ1) is 25.9. The van der Waals surface area contributed by atoms with Gasteiger partial charge in [-0.2, -0.15) is 0 Å². The Kier molecular flexibility index (Phi) is 12.4. The van der Waals surface area contributed by atoms with E-state index in [1.807, 2.05) is 0 Å². The molecule has 1 aliphatic rings. The van der Waals surface area contributed by atoms with Crippen molar-refractivity contribution in [2.24, 2.45) is 0 Å². The minimum atomic E-state index is -2.39. The lowest BCUT2D eigenvalue weighted by atomic mass is 9.86. The summed E-state index contributed by atoms with van der Waals surface area (Å²) in [5, 5.41) is 39.0. The molecular weight excluding hydrogens is 376 g/mol. The van der Waals surface area contributed by atoms with Crippen LogP contribution in [0.4, 0.5) is 0 Å². The molecule has 0 aromatic rings. The van der Waals surface area contributed by atoms with E-state index in [1.54, 1.807) is 0 Å². The number of rotatable bonds is 17. The molecule has 1 saturated heterocycles. The van der Waals surface area contributed by atoms with Gasteiger partial charge >= 0.3 is 11.9 Å². The lowest BCUT2D eigenvalue weighted by Crippen LogP contribution is -2.54. The van der Waals surface area contributed by atoms with Gasteiger partial charge in [-0.1, -0.05) is 90.4 Å². The standard InChI is InChI=1S/C22H40O7/c1-2-3-4-5-6-7-8-9-10-11-12-13-14-15-16-22(28,21(26)27)19-17(23)18(24)20(25)29-19/h17-19,23-24,28H,2-16H2,1H3,(H,26,27)/t17-,18+,19+,22-/m1/s1. The van der Waals surface area contributed by atoms with E-state index in [0.29, 0.717) is 6.42 Å². The molecule has 0 radical (unpaired) electrons. The highest BCUT2D eigenvalue weighted by Crippen LogP contribution is 2.30. The number of aliphatic carboxylic acids is 1. The van der Waals surface area contributed by atoms with Crippen LogP contribution in [0.25, 0.3) is 0 Å². The minimum absolute atomic E-state index is 0.137. The Hall–Kier alpha value is -1.18. The third kappa shape index (κ3) is 8.60. The molecule has 0 amide bonds. The van der Waals surface area contributed by atoms with Crippen LogP contribution < -0.4 is 0 Å². The predicted octanol–water partition coefficient (Wildman–Crippen LogP) is 3.32. The van der Waals surface area contributed by atoms with Gasteiger partial charge in [-0.25, -0.2) is 9.59 Å². The van der Waals surface area contributed by atoms with E-state index in [9.17, 15) is 30.0 Å². The normalized spacial score (nSPS) is 23.7. The summed E-state index contributed by atoms with van der Waals surface area (Å²) in [5.74, 6) is -2.67. The van der Waals surface area contributed by atoms with Gasteiger partial charge in [0.05, 0.1) is 0 Å². The van der Waals surface area contributed by atoms with Crippen molar-refractivity contribution in [1.29, 1.82) is 0 Å². The zero-order chi connectivity index (χ0) is 21.7. The maximum absolute atomic E-state index is 11.5. The summed E-state index contributed by atoms with van der Waals surface area (Å²) >= 11 is 0. The topological polar surface area (TPSA) is 124 Å².